The van der Waals surface area contributed by atoms with Gasteiger partial charge in [-0.05, 0) is 69.9 Å². The van der Waals surface area contributed by atoms with Crippen molar-refractivity contribution in [2.24, 2.45) is 0 Å². The Morgan fingerprint density at radius 1 is 0.809 bits per heavy atom. The molecule has 0 saturated carbocycles. The predicted octanol–water partition coefficient (Wildman–Crippen LogP) is 7.60. The maximum atomic E-state index is 13.0. The normalized spacial score (nSPS) is 17.0. The molecule has 8 nitrogen and oxygen atoms in total. The summed E-state index contributed by atoms with van der Waals surface area (Å²) in [6.45, 7) is 2.33. The minimum atomic E-state index is -0.713. The third-order valence-electron chi connectivity index (χ3n) is 7.90. The van der Waals surface area contributed by atoms with Crippen LogP contribution in [0.1, 0.15) is 106 Å². The standard InChI is InChI=1S/C39H49N3O5/c1-2-3-4-5-6-7-8-9-10-11-12-13-14-15-16-17-18-19-20-23-31(43)24-21-27-36(44)40-34-26-22-25-32-33(34)30-42(39(32)47)35-28-29-37(45)41-38(35)46/h3-4,6-7,9-10,12-13,15-16,18-19,22,25-26,35H,2,5,8,11,14,17,20-21,23-24,27-30H2,1H3,(H,40,44)(H,41,45,46)/b4-3-,7-6-,10-9-,13-12-,16-15-,19-18-. The highest BCUT2D eigenvalue weighted by Crippen LogP contribution is 2.32. The molecule has 1 fully saturated rings. The van der Waals surface area contributed by atoms with E-state index in [0.717, 1.165) is 38.5 Å². The summed E-state index contributed by atoms with van der Waals surface area (Å²) in [7, 11) is 0. The molecule has 0 spiro atoms. The largest absolute Gasteiger partial charge is 0.326 e. The van der Waals surface area contributed by atoms with Crippen molar-refractivity contribution in [2.75, 3.05) is 5.32 Å². The number of rotatable bonds is 20. The van der Waals surface area contributed by atoms with Crippen LogP contribution in [0.15, 0.2) is 91.1 Å². The molecule has 1 unspecified atom stereocenters. The van der Waals surface area contributed by atoms with Crippen LogP contribution in [-0.4, -0.2) is 40.4 Å². The average molecular weight is 640 g/mol. The fraction of sp³-hybridized carbons (Fsp3) is 0.410. The number of anilines is 1. The van der Waals surface area contributed by atoms with E-state index in [2.05, 4.69) is 84.4 Å². The van der Waals surface area contributed by atoms with Crippen molar-refractivity contribution in [2.45, 2.75) is 103 Å². The second kappa shape index (κ2) is 21.3. The molecular formula is C39H49N3O5. The Balaban J connectivity index is 1.24. The predicted molar refractivity (Wildman–Crippen MR) is 187 cm³/mol. The van der Waals surface area contributed by atoms with E-state index in [-0.39, 0.29) is 49.3 Å². The van der Waals surface area contributed by atoms with Crippen LogP contribution in [0.2, 0.25) is 0 Å². The van der Waals surface area contributed by atoms with Crippen molar-refractivity contribution >= 4 is 35.1 Å². The number of imide groups is 1. The maximum Gasteiger partial charge on any atom is 0.255 e. The first-order valence-corrected chi connectivity index (χ1v) is 16.9. The minimum absolute atomic E-state index is 0.128. The van der Waals surface area contributed by atoms with Crippen molar-refractivity contribution in [3.05, 3.63) is 102 Å². The van der Waals surface area contributed by atoms with Gasteiger partial charge in [0.05, 0.1) is 0 Å². The van der Waals surface area contributed by atoms with E-state index >= 15 is 0 Å². The van der Waals surface area contributed by atoms with E-state index in [9.17, 15) is 24.0 Å². The zero-order valence-corrected chi connectivity index (χ0v) is 27.6. The Morgan fingerprint density at radius 3 is 2.00 bits per heavy atom. The first-order chi connectivity index (χ1) is 22.9. The Labute approximate surface area is 279 Å². The quantitative estimate of drug-likeness (QED) is 0.113. The zero-order chi connectivity index (χ0) is 33.7. The van der Waals surface area contributed by atoms with Crippen molar-refractivity contribution in [3.8, 4) is 0 Å². The first-order valence-electron chi connectivity index (χ1n) is 16.9. The summed E-state index contributed by atoms with van der Waals surface area (Å²) in [6, 6.07) is 4.39. The number of allylic oxidation sites excluding steroid dienone is 12. The SMILES string of the molecule is CC/C=C\C/C=C\C/C=C\C/C=C\C/C=C\C/C=C\CCC(=O)CCCC(=O)Nc1cccc2c1CN(C1CCC(=O)NC1=O)C2=O. The number of carbonyl (C=O) groups is 5. The van der Waals surface area contributed by atoms with Crippen LogP contribution in [0, 0.1) is 0 Å². The molecule has 3 rings (SSSR count). The van der Waals surface area contributed by atoms with Gasteiger partial charge in [-0.3, -0.25) is 29.3 Å². The van der Waals surface area contributed by atoms with Gasteiger partial charge in [-0.1, -0.05) is 85.9 Å². The van der Waals surface area contributed by atoms with Gasteiger partial charge < -0.3 is 10.2 Å². The fourth-order valence-electron chi connectivity index (χ4n) is 5.37. The lowest BCUT2D eigenvalue weighted by Gasteiger charge is -2.29. The summed E-state index contributed by atoms with van der Waals surface area (Å²) in [5.41, 5.74) is 1.62. The van der Waals surface area contributed by atoms with E-state index < -0.39 is 11.9 Å². The van der Waals surface area contributed by atoms with Crippen LogP contribution in [0.25, 0.3) is 0 Å². The summed E-state index contributed by atoms with van der Waals surface area (Å²) in [5.74, 6) is -1.20. The van der Waals surface area contributed by atoms with Crippen molar-refractivity contribution in [1.29, 1.82) is 0 Å². The maximum absolute atomic E-state index is 13.0. The molecule has 250 valence electrons. The van der Waals surface area contributed by atoms with Crippen LogP contribution in [0.4, 0.5) is 5.69 Å². The highest BCUT2D eigenvalue weighted by Gasteiger charge is 2.39. The van der Waals surface area contributed by atoms with Crippen LogP contribution < -0.4 is 10.6 Å². The van der Waals surface area contributed by atoms with Gasteiger partial charge in [-0.25, -0.2) is 0 Å². The van der Waals surface area contributed by atoms with Gasteiger partial charge in [0.15, 0.2) is 0 Å². The monoisotopic (exact) mass is 639 g/mol. The number of nitrogens with zero attached hydrogens (tertiary/aromatic N) is 1. The van der Waals surface area contributed by atoms with E-state index in [1.807, 2.05) is 6.08 Å². The Bertz CT molecular complexity index is 1420. The lowest BCUT2D eigenvalue weighted by Crippen LogP contribution is -2.52. The number of fused-ring (bicyclic) bond motifs is 1. The minimum Gasteiger partial charge on any atom is -0.326 e. The Kier molecular flexibility index (Phi) is 16.7. The number of piperidine rings is 1. The van der Waals surface area contributed by atoms with E-state index in [1.54, 1.807) is 18.2 Å². The van der Waals surface area contributed by atoms with Gasteiger partial charge in [0.25, 0.3) is 5.91 Å². The molecular weight excluding hydrogens is 590 g/mol. The highest BCUT2D eigenvalue weighted by molar-refractivity contribution is 6.06. The smallest absolute Gasteiger partial charge is 0.255 e. The Hall–Kier alpha value is -4.59. The molecule has 0 bridgehead atoms. The number of nitrogens with one attached hydrogen (secondary N) is 2. The summed E-state index contributed by atoms with van der Waals surface area (Å²) in [4.78, 5) is 63.2. The molecule has 0 radical (unpaired) electrons. The number of Topliss-reactive ketones (excluding diaryl/α,β-unsaturated/α-hetero) is 1. The van der Waals surface area contributed by atoms with E-state index in [4.69, 9.17) is 0 Å². The molecule has 0 aliphatic carbocycles. The molecule has 0 aromatic heterocycles. The van der Waals surface area contributed by atoms with Gasteiger partial charge in [0.2, 0.25) is 17.7 Å². The number of hydrogen-bond acceptors (Lipinski definition) is 5. The summed E-state index contributed by atoms with van der Waals surface area (Å²) >= 11 is 0. The molecule has 47 heavy (non-hydrogen) atoms. The van der Waals surface area contributed by atoms with Crippen molar-refractivity contribution in [3.63, 3.8) is 0 Å². The van der Waals surface area contributed by atoms with Gasteiger partial charge in [-0.15, -0.1) is 0 Å². The van der Waals surface area contributed by atoms with Crippen LogP contribution in [0.3, 0.4) is 0 Å². The highest BCUT2D eigenvalue weighted by atomic mass is 16.2. The number of benzene rings is 1. The molecule has 2 N–H and O–H groups in total. The molecule has 2 aliphatic heterocycles. The van der Waals surface area contributed by atoms with Gasteiger partial charge in [-0.2, -0.15) is 0 Å². The molecule has 1 atom stereocenters. The first kappa shape index (κ1) is 36.9. The second-order valence-corrected chi connectivity index (χ2v) is 11.6. The van der Waals surface area contributed by atoms with Gasteiger partial charge in [0.1, 0.15) is 11.8 Å². The molecule has 1 saturated heterocycles. The number of amides is 4. The summed E-state index contributed by atoms with van der Waals surface area (Å²) < 4.78 is 0. The van der Waals surface area contributed by atoms with Gasteiger partial charge in [0, 0.05) is 49.0 Å². The van der Waals surface area contributed by atoms with Crippen LogP contribution >= 0.6 is 0 Å². The molecule has 2 aliphatic rings. The topological polar surface area (TPSA) is 113 Å². The molecule has 1 aromatic rings. The third kappa shape index (κ3) is 13.3. The van der Waals surface area contributed by atoms with E-state index in [0.29, 0.717) is 42.5 Å². The summed E-state index contributed by atoms with van der Waals surface area (Å²) in [6.07, 6.45) is 34.2. The third-order valence-corrected chi connectivity index (χ3v) is 7.90. The molecule has 4 amide bonds. The molecule has 1 aromatic carbocycles. The summed E-state index contributed by atoms with van der Waals surface area (Å²) in [5, 5.41) is 5.17. The Morgan fingerprint density at radius 2 is 1.40 bits per heavy atom. The molecule has 8 heteroatoms. The van der Waals surface area contributed by atoms with Crippen molar-refractivity contribution < 1.29 is 24.0 Å². The molecule has 2 heterocycles. The van der Waals surface area contributed by atoms with E-state index in [1.165, 1.54) is 4.90 Å². The number of carbonyl (C=O) groups excluding carboxylic acids is 5. The van der Waals surface area contributed by atoms with Crippen LogP contribution in [-0.2, 0) is 25.7 Å². The number of hydrogen-bond donors (Lipinski definition) is 2. The number of ketones is 1. The average Bonchev–Trinajstić information content (AvgIpc) is 3.38. The second-order valence-electron chi connectivity index (χ2n) is 11.6. The van der Waals surface area contributed by atoms with Crippen LogP contribution in [0.5, 0.6) is 0 Å². The fourth-order valence-corrected chi connectivity index (χ4v) is 5.37. The lowest BCUT2D eigenvalue weighted by molar-refractivity contribution is -0.137. The lowest BCUT2D eigenvalue weighted by atomic mass is 10.0. The van der Waals surface area contributed by atoms with Gasteiger partial charge >= 0.3 is 0 Å². The van der Waals surface area contributed by atoms with Crippen molar-refractivity contribution in [1.82, 2.24) is 10.2 Å². The zero-order valence-electron chi connectivity index (χ0n) is 27.6.